The molecule has 33 heavy (non-hydrogen) atoms. The monoisotopic (exact) mass is 441 g/mol. The first-order chi connectivity index (χ1) is 16.1. The van der Waals surface area contributed by atoms with Crippen LogP contribution in [-0.2, 0) is 9.59 Å². The number of Topliss-reactive ketones (excluding diaryl/α,β-unsaturated/α-hetero) is 1. The third-order valence-corrected chi connectivity index (χ3v) is 6.90. The van der Waals surface area contributed by atoms with E-state index in [-0.39, 0.29) is 17.4 Å². The summed E-state index contributed by atoms with van der Waals surface area (Å²) >= 11 is 0. The number of hydrogen-bond acceptors (Lipinski definition) is 4. The van der Waals surface area contributed by atoms with Crippen LogP contribution in [0.2, 0.25) is 0 Å². The Morgan fingerprint density at radius 3 is 2.45 bits per heavy atom. The van der Waals surface area contributed by atoms with E-state index < -0.39 is 17.7 Å². The van der Waals surface area contributed by atoms with E-state index in [0.717, 1.165) is 48.4 Å². The molecule has 0 spiro atoms. The first-order valence-electron chi connectivity index (χ1n) is 11.5. The summed E-state index contributed by atoms with van der Waals surface area (Å²) in [6, 6.07) is 20.1. The van der Waals surface area contributed by atoms with Crippen LogP contribution in [0.1, 0.15) is 49.3 Å². The van der Waals surface area contributed by atoms with Crippen LogP contribution in [-0.4, -0.2) is 34.8 Å². The molecule has 3 aromatic rings. The van der Waals surface area contributed by atoms with Gasteiger partial charge in [-0.05, 0) is 41.3 Å². The molecule has 3 aromatic carbocycles. The molecule has 1 aliphatic heterocycles. The molecule has 1 heterocycles. The molecule has 1 unspecified atom stereocenters. The number of likely N-dealkylation sites (tertiary alicyclic amines) is 1. The highest BCUT2D eigenvalue weighted by Gasteiger charge is 2.49. The molecule has 5 nitrogen and oxygen atoms in total. The van der Waals surface area contributed by atoms with E-state index in [1.54, 1.807) is 18.1 Å². The topological polar surface area (TPSA) is 66.8 Å². The quantitative estimate of drug-likeness (QED) is 0.325. The number of aliphatic hydroxyl groups excluding tert-OH is 1. The molecule has 5 rings (SSSR count). The number of rotatable bonds is 4. The molecule has 1 saturated heterocycles. The number of carbonyl (C=O) groups is 2. The third-order valence-electron chi connectivity index (χ3n) is 6.90. The molecule has 1 amide bonds. The van der Waals surface area contributed by atoms with Crippen molar-refractivity contribution in [1.29, 1.82) is 0 Å². The summed E-state index contributed by atoms with van der Waals surface area (Å²) in [5.74, 6) is -0.640. The first kappa shape index (κ1) is 21.3. The maximum absolute atomic E-state index is 13.4. The van der Waals surface area contributed by atoms with Crippen molar-refractivity contribution in [1.82, 2.24) is 4.90 Å². The predicted octanol–water partition coefficient (Wildman–Crippen LogP) is 5.60. The van der Waals surface area contributed by atoms with Gasteiger partial charge in [0.25, 0.3) is 11.7 Å². The Labute approximate surface area is 193 Å². The lowest BCUT2D eigenvalue weighted by molar-refractivity contribution is -0.141. The lowest BCUT2D eigenvalue weighted by Gasteiger charge is -2.35. The van der Waals surface area contributed by atoms with E-state index in [2.05, 4.69) is 0 Å². The summed E-state index contributed by atoms with van der Waals surface area (Å²) in [4.78, 5) is 28.5. The Hall–Kier alpha value is -3.60. The Morgan fingerprint density at radius 2 is 1.67 bits per heavy atom. The molecule has 0 bridgehead atoms. The summed E-state index contributed by atoms with van der Waals surface area (Å²) in [7, 11) is 1.59. The highest BCUT2D eigenvalue weighted by Crippen LogP contribution is 2.44. The fraction of sp³-hybridized carbons (Fsp3) is 0.286. The zero-order valence-electron chi connectivity index (χ0n) is 18.7. The van der Waals surface area contributed by atoms with Crippen LogP contribution >= 0.6 is 0 Å². The fourth-order valence-corrected chi connectivity index (χ4v) is 5.30. The number of aliphatic hydroxyl groups is 1. The molecular formula is C28H27NO4. The zero-order valence-corrected chi connectivity index (χ0v) is 18.7. The summed E-state index contributed by atoms with van der Waals surface area (Å²) in [5, 5.41) is 13.3. The number of carbonyl (C=O) groups excluding carboxylic acids is 2. The number of ketones is 1. The van der Waals surface area contributed by atoms with Gasteiger partial charge < -0.3 is 14.7 Å². The highest BCUT2D eigenvalue weighted by molar-refractivity contribution is 6.46. The summed E-state index contributed by atoms with van der Waals surface area (Å²) in [5.41, 5.74) is 1.47. The van der Waals surface area contributed by atoms with Crippen molar-refractivity contribution >= 4 is 28.2 Å². The van der Waals surface area contributed by atoms with Crippen molar-refractivity contribution in [2.75, 3.05) is 7.11 Å². The number of nitrogens with zero attached hydrogens (tertiary/aromatic N) is 1. The maximum Gasteiger partial charge on any atom is 0.295 e. The van der Waals surface area contributed by atoms with E-state index in [1.807, 2.05) is 60.7 Å². The minimum atomic E-state index is -0.651. The van der Waals surface area contributed by atoms with E-state index in [9.17, 15) is 14.7 Å². The molecule has 2 fully saturated rings. The lowest BCUT2D eigenvalue weighted by Crippen LogP contribution is -2.40. The molecule has 1 atom stereocenters. The second-order valence-electron chi connectivity index (χ2n) is 8.80. The Bertz CT molecular complexity index is 1250. The van der Waals surface area contributed by atoms with Crippen molar-refractivity contribution in [3.63, 3.8) is 0 Å². The van der Waals surface area contributed by atoms with Gasteiger partial charge in [-0.3, -0.25) is 9.59 Å². The van der Waals surface area contributed by atoms with E-state index in [4.69, 9.17) is 4.74 Å². The Morgan fingerprint density at radius 1 is 0.939 bits per heavy atom. The molecule has 0 radical (unpaired) electrons. The largest absolute Gasteiger partial charge is 0.507 e. The van der Waals surface area contributed by atoms with Crippen LogP contribution in [0.3, 0.4) is 0 Å². The number of fused-ring (bicyclic) bond motifs is 1. The summed E-state index contributed by atoms with van der Waals surface area (Å²) in [6.45, 7) is 0. The molecule has 168 valence electrons. The Kier molecular flexibility index (Phi) is 5.63. The van der Waals surface area contributed by atoms with Gasteiger partial charge in [-0.25, -0.2) is 0 Å². The molecule has 0 aromatic heterocycles. The van der Waals surface area contributed by atoms with Crippen LogP contribution in [0, 0.1) is 0 Å². The lowest BCUT2D eigenvalue weighted by atomic mass is 9.90. The van der Waals surface area contributed by atoms with Crippen molar-refractivity contribution in [3.05, 3.63) is 83.4 Å². The average molecular weight is 442 g/mol. The van der Waals surface area contributed by atoms with Gasteiger partial charge in [0.2, 0.25) is 0 Å². The average Bonchev–Trinajstić information content (AvgIpc) is 3.14. The molecule has 1 aliphatic carbocycles. The van der Waals surface area contributed by atoms with Crippen molar-refractivity contribution in [3.8, 4) is 5.75 Å². The van der Waals surface area contributed by atoms with Crippen molar-refractivity contribution < 1.29 is 19.4 Å². The van der Waals surface area contributed by atoms with Gasteiger partial charge in [0.1, 0.15) is 11.5 Å². The predicted molar refractivity (Wildman–Crippen MR) is 128 cm³/mol. The van der Waals surface area contributed by atoms with Crippen LogP contribution in [0.25, 0.3) is 16.5 Å². The second kappa shape index (κ2) is 8.74. The normalized spacial score (nSPS) is 21.0. The number of hydrogen-bond donors (Lipinski definition) is 1. The van der Waals surface area contributed by atoms with Gasteiger partial charge in [-0.1, -0.05) is 73.9 Å². The number of ether oxygens (including phenoxy) is 1. The van der Waals surface area contributed by atoms with Gasteiger partial charge in [0.05, 0.1) is 18.7 Å². The number of methoxy groups -OCH3 is 1. The van der Waals surface area contributed by atoms with Crippen molar-refractivity contribution in [2.24, 2.45) is 0 Å². The minimum Gasteiger partial charge on any atom is -0.507 e. The minimum absolute atomic E-state index is 0.0239. The summed E-state index contributed by atoms with van der Waals surface area (Å²) < 4.78 is 5.42. The smallest absolute Gasteiger partial charge is 0.295 e. The fourth-order valence-electron chi connectivity index (χ4n) is 5.30. The molecule has 1 N–H and O–H groups in total. The maximum atomic E-state index is 13.4. The molecule has 1 saturated carbocycles. The number of benzene rings is 3. The van der Waals surface area contributed by atoms with Gasteiger partial charge in [0.15, 0.2) is 0 Å². The first-order valence-corrected chi connectivity index (χ1v) is 11.5. The van der Waals surface area contributed by atoms with E-state index >= 15 is 0 Å². The standard InChI is InChI=1S/C28H27NO4/c1-33-21-14-7-11-19(17-21)25-24(27(31)28(32)29(25)20-12-3-2-4-13-20)26(30)23-16-8-10-18-9-5-6-15-22(18)23/h5-11,14-17,20,25,30H,2-4,12-13H2,1H3/b26-24-. The van der Waals surface area contributed by atoms with Crippen LogP contribution < -0.4 is 4.74 Å². The molecular weight excluding hydrogens is 414 g/mol. The third kappa shape index (κ3) is 3.67. The van der Waals surface area contributed by atoms with E-state index in [1.165, 1.54) is 0 Å². The van der Waals surface area contributed by atoms with Crippen LogP contribution in [0.15, 0.2) is 72.3 Å². The Balaban J connectivity index is 1.72. The number of amides is 1. The van der Waals surface area contributed by atoms with Gasteiger partial charge >= 0.3 is 0 Å². The molecule has 5 heteroatoms. The zero-order chi connectivity index (χ0) is 22.9. The highest BCUT2D eigenvalue weighted by atomic mass is 16.5. The molecule has 2 aliphatic rings. The van der Waals surface area contributed by atoms with Crippen LogP contribution in [0.5, 0.6) is 5.75 Å². The van der Waals surface area contributed by atoms with Gasteiger partial charge in [0, 0.05) is 11.6 Å². The van der Waals surface area contributed by atoms with Gasteiger partial charge in [-0.2, -0.15) is 0 Å². The van der Waals surface area contributed by atoms with Crippen molar-refractivity contribution in [2.45, 2.75) is 44.2 Å². The second-order valence-corrected chi connectivity index (χ2v) is 8.80. The van der Waals surface area contributed by atoms with E-state index in [0.29, 0.717) is 11.3 Å². The van der Waals surface area contributed by atoms with Crippen LogP contribution in [0.4, 0.5) is 0 Å². The SMILES string of the molecule is COc1cccc(C2/C(=C(/O)c3cccc4ccccc34)C(=O)C(=O)N2C2CCCCC2)c1. The summed E-state index contributed by atoms with van der Waals surface area (Å²) in [6.07, 6.45) is 4.92. The van der Waals surface area contributed by atoms with Gasteiger partial charge in [-0.15, -0.1) is 0 Å².